The molecule has 11 atom stereocenters. The smallest absolute Gasteiger partial charge is 0.305 e. The van der Waals surface area contributed by atoms with Gasteiger partial charge in [-0.2, -0.15) is 0 Å². The molecule has 0 aromatic carbocycles. The third kappa shape index (κ3) is 3.55. The number of carbonyl (C=O) groups is 3. The van der Waals surface area contributed by atoms with Gasteiger partial charge in [-0.15, -0.1) is 0 Å². The third-order valence-corrected chi connectivity index (χ3v) is 11.3. The number of esters is 3. The van der Waals surface area contributed by atoms with E-state index in [1.165, 1.54) is 32.1 Å². The topological polar surface area (TPSA) is 111 Å². The quantitative estimate of drug-likeness (QED) is 0.297. The van der Waals surface area contributed by atoms with Gasteiger partial charge in [0.05, 0.1) is 44.6 Å². The molecule has 2 saturated heterocycles. The third-order valence-electron chi connectivity index (χ3n) is 11.3. The second-order valence-corrected chi connectivity index (χ2v) is 13.2. The maximum atomic E-state index is 13.1. The van der Waals surface area contributed by atoms with E-state index in [4.69, 9.17) is 28.1 Å². The molecule has 0 unspecified atom stereocenters. The Hall–Kier alpha value is -2.65. The molecule has 4 fully saturated rings. The summed E-state index contributed by atoms with van der Waals surface area (Å²) in [7, 11) is 1.41. The molecule has 9 heteroatoms. The number of carbonyl (C=O) groups excluding carboxylic acids is 3. The summed E-state index contributed by atoms with van der Waals surface area (Å²) in [5.41, 5.74) is 1.70. The first-order valence-corrected chi connectivity index (χ1v) is 14.3. The molecule has 1 aromatic heterocycles. The van der Waals surface area contributed by atoms with Crippen molar-refractivity contribution >= 4 is 17.9 Å². The van der Waals surface area contributed by atoms with Gasteiger partial charge in [-0.3, -0.25) is 14.4 Å². The summed E-state index contributed by atoms with van der Waals surface area (Å²) >= 11 is 0. The summed E-state index contributed by atoms with van der Waals surface area (Å²) < 4.78 is 36.3. The van der Waals surface area contributed by atoms with E-state index < -0.39 is 34.4 Å². The maximum Gasteiger partial charge on any atom is 0.305 e. The first-order valence-electron chi connectivity index (χ1n) is 14.3. The molecular weight excluding hydrogens is 516 g/mol. The Morgan fingerprint density at radius 3 is 2.38 bits per heavy atom. The fourth-order valence-electron chi connectivity index (χ4n) is 9.88. The molecule has 218 valence electrons. The van der Waals surface area contributed by atoms with Crippen LogP contribution in [-0.4, -0.2) is 62.1 Å². The van der Waals surface area contributed by atoms with Crippen LogP contribution in [0.2, 0.25) is 0 Å². The largest absolute Gasteiger partial charge is 0.472 e. The first kappa shape index (κ1) is 27.5. The number of hydrogen-bond acceptors (Lipinski definition) is 9. The van der Waals surface area contributed by atoms with E-state index in [-0.39, 0.29) is 54.4 Å². The predicted molar refractivity (Wildman–Crippen MR) is 141 cm³/mol. The van der Waals surface area contributed by atoms with Gasteiger partial charge in [0.15, 0.2) is 0 Å². The second kappa shape index (κ2) is 9.18. The van der Waals surface area contributed by atoms with Gasteiger partial charge in [-0.1, -0.05) is 26.3 Å². The van der Waals surface area contributed by atoms with Crippen LogP contribution >= 0.6 is 0 Å². The molecule has 1 aromatic rings. The maximum absolute atomic E-state index is 13.1. The van der Waals surface area contributed by atoms with Crippen LogP contribution in [0.15, 0.2) is 34.2 Å². The lowest BCUT2D eigenvalue weighted by Gasteiger charge is -2.65. The van der Waals surface area contributed by atoms with Crippen molar-refractivity contribution in [2.75, 3.05) is 13.7 Å². The highest BCUT2D eigenvalue weighted by atomic mass is 16.6. The fourth-order valence-corrected chi connectivity index (χ4v) is 9.88. The molecule has 3 heterocycles. The van der Waals surface area contributed by atoms with Gasteiger partial charge in [0.25, 0.3) is 0 Å². The van der Waals surface area contributed by atoms with Crippen LogP contribution in [0.5, 0.6) is 0 Å². The fraction of sp³-hybridized carbons (Fsp3) is 0.710. The van der Waals surface area contributed by atoms with Crippen molar-refractivity contribution in [3.05, 3.63) is 35.3 Å². The standard InChI is InChI=1S/C31H40O9/c1-15-19(18-8-9-36-13-18)10-20-25(15)31(6)21(11-24(34)35-7)30(5)23(39-17(3)33)12-22(38-16(2)32)29(4)14-37-26(27(29)30)28(31)40-20/h8-9,13,19-23,26-28H,10-12,14H2,1-7H3/t19-,20-,21-,22-,23+,26-,27+,28-,29-,30+,31-/m1/s1. The Morgan fingerprint density at radius 1 is 1.05 bits per heavy atom. The minimum Gasteiger partial charge on any atom is -0.472 e. The molecule has 5 aliphatic rings. The Balaban J connectivity index is 1.55. The molecule has 9 nitrogen and oxygen atoms in total. The van der Waals surface area contributed by atoms with Gasteiger partial charge in [-0.05, 0) is 36.5 Å². The lowest BCUT2D eigenvalue weighted by molar-refractivity contribution is -0.251. The average molecular weight is 557 g/mol. The molecule has 6 rings (SSSR count). The van der Waals surface area contributed by atoms with E-state index in [2.05, 4.69) is 27.7 Å². The Bertz CT molecular complexity index is 1250. The van der Waals surface area contributed by atoms with Crippen molar-refractivity contribution in [2.45, 2.75) is 97.2 Å². The van der Waals surface area contributed by atoms with E-state index >= 15 is 0 Å². The molecule has 0 amide bonds. The van der Waals surface area contributed by atoms with Crippen molar-refractivity contribution in [3.63, 3.8) is 0 Å². The lowest BCUT2D eigenvalue weighted by atomic mass is 9.40. The molecule has 2 saturated carbocycles. The summed E-state index contributed by atoms with van der Waals surface area (Å²) in [6, 6.07) is 2.00. The first-order chi connectivity index (χ1) is 18.9. The summed E-state index contributed by atoms with van der Waals surface area (Å²) in [5.74, 6) is -1.45. The average Bonchev–Trinajstić information content (AvgIpc) is 3.65. The van der Waals surface area contributed by atoms with Crippen LogP contribution in [0.3, 0.4) is 0 Å². The summed E-state index contributed by atoms with van der Waals surface area (Å²) in [6.07, 6.45) is 2.84. The Labute approximate surface area is 234 Å². The lowest BCUT2D eigenvalue weighted by Crippen LogP contribution is -2.71. The number of allylic oxidation sites excluding steroid dienone is 1. The van der Waals surface area contributed by atoms with Crippen molar-refractivity contribution in [3.8, 4) is 0 Å². The molecule has 0 spiro atoms. The van der Waals surface area contributed by atoms with Gasteiger partial charge in [0, 0.05) is 54.8 Å². The molecule has 0 bridgehead atoms. The second-order valence-electron chi connectivity index (χ2n) is 13.2. The molecule has 40 heavy (non-hydrogen) atoms. The van der Waals surface area contributed by atoms with Crippen molar-refractivity contribution < 1.29 is 42.5 Å². The molecule has 0 N–H and O–H groups in total. The van der Waals surface area contributed by atoms with Crippen molar-refractivity contribution in [2.24, 2.45) is 28.1 Å². The van der Waals surface area contributed by atoms with E-state index in [0.29, 0.717) is 13.0 Å². The Morgan fingerprint density at radius 2 is 1.75 bits per heavy atom. The van der Waals surface area contributed by atoms with Crippen LogP contribution in [0.25, 0.3) is 0 Å². The SMILES string of the molecule is COC(=O)C[C@H]1[C@]2(C)C3=C(C)[C@H](c4ccoc4)C[C@H]3O[C@@H]2[C@@H]2OC[C@]3(C)[C@H](OC(C)=O)C[C@H](OC(C)=O)[C@@]1(C)[C@@H]23. The number of ether oxygens (including phenoxy) is 5. The monoisotopic (exact) mass is 556 g/mol. The number of furan rings is 1. The van der Waals surface area contributed by atoms with E-state index in [0.717, 1.165) is 12.0 Å². The highest BCUT2D eigenvalue weighted by Gasteiger charge is 2.78. The number of rotatable bonds is 5. The number of hydrogen-bond donors (Lipinski definition) is 0. The minimum atomic E-state index is -0.697. The van der Waals surface area contributed by atoms with Crippen LogP contribution in [0, 0.1) is 28.1 Å². The van der Waals surface area contributed by atoms with Gasteiger partial charge in [0.1, 0.15) is 12.2 Å². The van der Waals surface area contributed by atoms with Gasteiger partial charge in [-0.25, -0.2) is 0 Å². The van der Waals surface area contributed by atoms with Crippen LogP contribution in [-0.2, 0) is 38.1 Å². The normalized spacial score (nSPS) is 45.0. The van der Waals surface area contributed by atoms with Gasteiger partial charge < -0.3 is 28.1 Å². The van der Waals surface area contributed by atoms with Crippen LogP contribution in [0.4, 0.5) is 0 Å². The van der Waals surface area contributed by atoms with E-state index in [1.54, 1.807) is 12.5 Å². The molecular formula is C31H40O9. The highest BCUT2D eigenvalue weighted by molar-refractivity contribution is 5.70. The molecule has 0 radical (unpaired) electrons. The minimum absolute atomic E-state index is 0.134. The zero-order valence-corrected chi connectivity index (χ0v) is 24.4. The van der Waals surface area contributed by atoms with E-state index in [9.17, 15) is 14.4 Å². The summed E-state index contributed by atoms with van der Waals surface area (Å²) in [5, 5.41) is 0. The number of methoxy groups -OCH3 is 1. The zero-order valence-electron chi connectivity index (χ0n) is 24.4. The Kier molecular flexibility index (Phi) is 6.31. The van der Waals surface area contributed by atoms with Gasteiger partial charge in [0.2, 0.25) is 0 Å². The molecule has 3 aliphatic carbocycles. The summed E-state index contributed by atoms with van der Waals surface area (Å²) in [6.45, 7) is 11.8. The number of fused-ring (bicyclic) bond motifs is 4. The van der Waals surface area contributed by atoms with Crippen LogP contribution < -0.4 is 0 Å². The van der Waals surface area contributed by atoms with Crippen LogP contribution in [0.1, 0.15) is 72.3 Å². The van der Waals surface area contributed by atoms with E-state index in [1.807, 2.05) is 6.07 Å². The summed E-state index contributed by atoms with van der Waals surface area (Å²) in [4.78, 5) is 37.9. The zero-order chi connectivity index (χ0) is 28.8. The van der Waals surface area contributed by atoms with Gasteiger partial charge >= 0.3 is 17.9 Å². The molecule has 2 aliphatic heterocycles. The van der Waals surface area contributed by atoms with Crippen molar-refractivity contribution in [1.29, 1.82) is 0 Å². The van der Waals surface area contributed by atoms with Crippen molar-refractivity contribution in [1.82, 2.24) is 0 Å². The highest BCUT2D eigenvalue weighted by Crippen LogP contribution is 2.74. The predicted octanol–water partition coefficient (Wildman–Crippen LogP) is 4.34.